The second-order valence-electron chi connectivity index (χ2n) is 8.55. The van der Waals surface area contributed by atoms with Crippen LogP contribution in [0.3, 0.4) is 0 Å². The maximum Gasteiger partial charge on any atom is 0.339 e. The van der Waals surface area contributed by atoms with Gasteiger partial charge in [-0.3, -0.25) is 15.0 Å². The SMILES string of the molecule is C=CC=Nc1ccc(N(C)N(C)c2ccc3c(c2)C(=O)OC3c2ccc(N(C)C)cc2)c(C=C)c1. The van der Waals surface area contributed by atoms with Crippen molar-refractivity contribution in [3.8, 4) is 0 Å². The van der Waals surface area contributed by atoms with Crippen molar-refractivity contribution in [2.75, 3.05) is 43.1 Å². The fourth-order valence-electron chi connectivity index (χ4n) is 4.13. The lowest BCUT2D eigenvalue weighted by Gasteiger charge is -2.33. The summed E-state index contributed by atoms with van der Waals surface area (Å²) in [6, 6.07) is 19.9. The Morgan fingerprint density at radius 3 is 2.26 bits per heavy atom. The van der Waals surface area contributed by atoms with Crippen LogP contribution in [0, 0.1) is 0 Å². The number of cyclic esters (lactones) is 1. The first kappa shape index (κ1) is 23.8. The Bertz CT molecular complexity index is 1290. The predicted octanol–water partition coefficient (Wildman–Crippen LogP) is 6.03. The smallest absolute Gasteiger partial charge is 0.339 e. The minimum Gasteiger partial charge on any atom is -0.449 e. The number of fused-ring (bicyclic) bond motifs is 1. The average molecular weight is 467 g/mol. The Kier molecular flexibility index (Phi) is 6.73. The number of nitrogens with zero attached hydrogens (tertiary/aromatic N) is 4. The molecule has 3 aromatic rings. The van der Waals surface area contributed by atoms with Gasteiger partial charge < -0.3 is 9.64 Å². The third-order valence-electron chi connectivity index (χ3n) is 6.21. The number of hydrazine groups is 1. The van der Waals surface area contributed by atoms with Crippen LogP contribution in [0.2, 0.25) is 0 Å². The molecule has 1 unspecified atom stereocenters. The maximum absolute atomic E-state index is 12.8. The molecule has 1 aliphatic heterocycles. The van der Waals surface area contributed by atoms with Gasteiger partial charge in [0.2, 0.25) is 0 Å². The summed E-state index contributed by atoms with van der Waals surface area (Å²) in [5.41, 5.74) is 7.11. The van der Waals surface area contributed by atoms with Gasteiger partial charge in [0.25, 0.3) is 0 Å². The molecule has 178 valence electrons. The van der Waals surface area contributed by atoms with Gasteiger partial charge in [0.05, 0.1) is 22.6 Å². The highest BCUT2D eigenvalue weighted by Gasteiger charge is 2.33. The van der Waals surface area contributed by atoms with E-state index in [1.54, 1.807) is 18.4 Å². The molecule has 0 radical (unpaired) electrons. The van der Waals surface area contributed by atoms with Crippen molar-refractivity contribution in [1.29, 1.82) is 0 Å². The first-order valence-corrected chi connectivity index (χ1v) is 11.3. The van der Waals surface area contributed by atoms with Crippen molar-refractivity contribution >= 4 is 41.0 Å². The van der Waals surface area contributed by atoms with Crippen molar-refractivity contribution in [3.63, 3.8) is 0 Å². The van der Waals surface area contributed by atoms with Gasteiger partial charge in [0.1, 0.15) is 0 Å². The number of aliphatic imine (C=N–C) groups is 1. The van der Waals surface area contributed by atoms with Crippen molar-refractivity contribution in [2.24, 2.45) is 4.99 Å². The van der Waals surface area contributed by atoms with Crippen molar-refractivity contribution in [1.82, 2.24) is 0 Å². The van der Waals surface area contributed by atoms with Crippen LogP contribution in [0.4, 0.5) is 22.7 Å². The Morgan fingerprint density at radius 2 is 1.60 bits per heavy atom. The van der Waals surface area contributed by atoms with Gasteiger partial charge in [-0.05, 0) is 48.0 Å². The Morgan fingerprint density at radius 1 is 0.886 bits per heavy atom. The van der Waals surface area contributed by atoms with Crippen LogP contribution in [0.25, 0.3) is 6.08 Å². The van der Waals surface area contributed by atoms with E-state index in [1.807, 2.05) is 104 Å². The molecule has 4 rings (SSSR count). The quantitative estimate of drug-likeness (QED) is 0.230. The molecule has 0 aliphatic carbocycles. The van der Waals surface area contributed by atoms with E-state index in [-0.39, 0.29) is 5.97 Å². The maximum atomic E-state index is 12.8. The molecule has 1 heterocycles. The number of anilines is 3. The summed E-state index contributed by atoms with van der Waals surface area (Å²) in [6.07, 6.45) is 4.70. The summed E-state index contributed by atoms with van der Waals surface area (Å²) >= 11 is 0. The Labute approximate surface area is 207 Å². The van der Waals surface area contributed by atoms with E-state index in [9.17, 15) is 4.79 Å². The summed E-state index contributed by atoms with van der Waals surface area (Å²) in [5.74, 6) is -0.309. The van der Waals surface area contributed by atoms with Crippen molar-refractivity contribution in [3.05, 3.63) is 102 Å². The molecule has 0 saturated carbocycles. The fourth-order valence-corrected chi connectivity index (χ4v) is 4.13. The van der Waals surface area contributed by atoms with Gasteiger partial charge in [0, 0.05) is 51.2 Å². The molecule has 0 fully saturated rings. The molecule has 3 aromatic carbocycles. The van der Waals surface area contributed by atoms with Gasteiger partial charge in [-0.2, -0.15) is 0 Å². The molecule has 0 aromatic heterocycles. The number of rotatable bonds is 8. The van der Waals surface area contributed by atoms with Crippen LogP contribution < -0.4 is 14.9 Å². The lowest BCUT2D eigenvalue weighted by Crippen LogP contribution is -2.37. The number of benzene rings is 3. The number of ether oxygens (including phenoxy) is 1. The first-order chi connectivity index (χ1) is 16.8. The van der Waals surface area contributed by atoms with Gasteiger partial charge in [-0.1, -0.05) is 43.5 Å². The molecule has 0 saturated heterocycles. The molecule has 1 aliphatic rings. The molecule has 6 heteroatoms. The lowest BCUT2D eigenvalue weighted by atomic mass is 9.98. The highest BCUT2D eigenvalue weighted by molar-refractivity contribution is 5.96. The summed E-state index contributed by atoms with van der Waals surface area (Å²) in [6.45, 7) is 7.62. The van der Waals surface area contributed by atoms with E-state index < -0.39 is 6.10 Å². The minimum atomic E-state index is -0.401. The standard InChI is InChI=1S/C29H30N4O2/c1-7-17-30-22-11-16-27(20(8-2)18-22)33(6)32(5)24-14-15-25-26(19-24)29(34)35-28(25)21-9-12-23(13-10-21)31(3)4/h7-19,28H,1-2H2,3-6H3. The molecular weight excluding hydrogens is 436 g/mol. The van der Waals surface area contributed by atoms with Crippen LogP contribution in [0.5, 0.6) is 0 Å². The van der Waals surface area contributed by atoms with E-state index in [0.717, 1.165) is 39.4 Å². The highest BCUT2D eigenvalue weighted by Crippen LogP contribution is 2.38. The van der Waals surface area contributed by atoms with E-state index in [4.69, 9.17) is 4.74 Å². The van der Waals surface area contributed by atoms with Crippen molar-refractivity contribution < 1.29 is 9.53 Å². The lowest BCUT2D eigenvalue weighted by molar-refractivity contribution is 0.0456. The number of hydrogen-bond donors (Lipinski definition) is 0. The topological polar surface area (TPSA) is 48.4 Å². The predicted molar refractivity (Wildman–Crippen MR) is 146 cm³/mol. The van der Waals surface area contributed by atoms with Crippen LogP contribution in [-0.2, 0) is 4.74 Å². The second kappa shape index (κ2) is 9.89. The molecule has 35 heavy (non-hydrogen) atoms. The molecular formula is C29H30N4O2. The molecule has 1 atom stereocenters. The van der Waals surface area contributed by atoms with Crippen LogP contribution in [0.1, 0.15) is 33.2 Å². The second-order valence-corrected chi connectivity index (χ2v) is 8.55. The summed E-state index contributed by atoms with van der Waals surface area (Å²) in [5, 5.41) is 4.00. The Balaban J connectivity index is 1.61. The number of esters is 1. The summed E-state index contributed by atoms with van der Waals surface area (Å²) in [4.78, 5) is 19.2. The summed E-state index contributed by atoms with van der Waals surface area (Å²) < 4.78 is 5.76. The largest absolute Gasteiger partial charge is 0.449 e. The van der Waals surface area contributed by atoms with E-state index in [1.165, 1.54) is 0 Å². The molecule has 0 bridgehead atoms. The first-order valence-electron chi connectivity index (χ1n) is 11.3. The van der Waals surface area contributed by atoms with Crippen molar-refractivity contribution in [2.45, 2.75) is 6.10 Å². The third kappa shape index (κ3) is 4.68. The number of carbonyl (C=O) groups is 1. The molecule has 0 amide bonds. The van der Waals surface area contributed by atoms with E-state index in [0.29, 0.717) is 5.56 Å². The van der Waals surface area contributed by atoms with Crippen LogP contribution in [-0.4, -0.2) is 40.4 Å². The highest BCUT2D eigenvalue weighted by atomic mass is 16.5. The zero-order valence-electron chi connectivity index (χ0n) is 20.6. The van der Waals surface area contributed by atoms with Gasteiger partial charge in [-0.15, -0.1) is 0 Å². The van der Waals surface area contributed by atoms with E-state index >= 15 is 0 Å². The number of hydrogen-bond acceptors (Lipinski definition) is 6. The van der Waals surface area contributed by atoms with Gasteiger partial charge in [0.15, 0.2) is 6.10 Å². The molecule has 6 nitrogen and oxygen atoms in total. The van der Waals surface area contributed by atoms with Crippen LogP contribution in [0.15, 0.2) is 84.9 Å². The third-order valence-corrected chi connectivity index (χ3v) is 6.21. The summed E-state index contributed by atoms with van der Waals surface area (Å²) in [7, 11) is 7.92. The fraction of sp³-hybridized carbons (Fsp3) is 0.172. The normalized spacial score (nSPS) is 14.4. The molecule has 0 N–H and O–H groups in total. The van der Waals surface area contributed by atoms with Gasteiger partial charge >= 0.3 is 5.97 Å². The zero-order valence-corrected chi connectivity index (χ0v) is 20.6. The minimum absolute atomic E-state index is 0.309. The molecule has 0 spiro atoms. The average Bonchev–Trinajstić information content (AvgIpc) is 3.22. The van der Waals surface area contributed by atoms with E-state index in [2.05, 4.69) is 18.2 Å². The monoisotopic (exact) mass is 466 g/mol. The number of carbonyl (C=O) groups excluding carboxylic acids is 1. The van der Waals surface area contributed by atoms with Crippen LogP contribution >= 0.6 is 0 Å². The number of allylic oxidation sites excluding steroid dienone is 1. The van der Waals surface area contributed by atoms with Gasteiger partial charge in [-0.25, -0.2) is 4.79 Å². The zero-order chi connectivity index (χ0) is 25.1. The Hall–Kier alpha value is -4.32.